The number of hydrogen-bond acceptors (Lipinski definition) is 2. The average molecular weight is 164 g/mol. The largest absolute Gasteiger partial charge is 0.369 e. The van der Waals surface area contributed by atoms with E-state index < -0.39 is 0 Å². The highest BCUT2D eigenvalue weighted by Crippen LogP contribution is 2.05. The van der Waals surface area contributed by atoms with E-state index in [2.05, 4.69) is 4.98 Å². The number of rotatable bonds is 3. The fourth-order valence-electron chi connectivity index (χ4n) is 0.973. The van der Waals surface area contributed by atoms with Crippen molar-refractivity contribution in [2.75, 3.05) is 0 Å². The molecule has 0 bridgehead atoms. The molecule has 0 aliphatic carbocycles. The second-order valence-electron chi connectivity index (χ2n) is 2.87. The summed E-state index contributed by atoms with van der Waals surface area (Å²) in [4.78, 5) is 14.7. The van der Waals surface area contributed by atoms with Gasteiger partial charge < -0.3 is 5.73 Å². The van der Waals surface area contributed by atoms with Crippen molar-refractivity contribution in [3.8, 4) is 0 Å². The molecule has 0 saturated heterocycles. The molecule has 0 radical (unpaired) electrons. The Bertz CT molecular complexity index is 258. The summed E-state index contributed by atoms with van der Waals surface area (Å²) in [6.07, 6.45) is 4.13. The molecule has 1 rings (SSSR count). The lowest BCUT2D eigenvalue weighted by molar-refractivity contribution is -0.121. The number of nitrogens with zero attached hydrogens (tertiary/aromatic N) is 1. The zero-order chi connectivity index (χ0) is 8.97. The van der Waals surface area contributed by atoms with Gasteiger partial charge in [0.05, 0.1) is 0 Å². The highest BCUT2D eigenvalue weighted by atomic mass is 16.1. The molecule has 0 saturated carbocycles. The van der Waals surface area contributed by atoms with Gasteiger partial charge in [0.2, 0.25) is 5.91 Å². The van der Waals surface area contributed by atoms with Gasteiger partial charge in [-0.2, -0.15) is 0 Å². The predicted octanol–water partition coefficient (Wildman–Crippen LogP) is 0.745. The molecule has 3 nitrogen and oxygen atoms in total. The van der Waals surface area contributed by atoms with Crippen molar-refractivity contribution in [1.82, 2.24) is 4.98 Å². The molecule has 0 fully saturated rings. The van der Waals surface area contributed by atoms with Gasteiger partial charge in [-0.1, -0.05) is 13.0 Å². The molecule has 1 heterocycles. The molecule has 12 heavy (non-hydrogen) atoms. The van der Waals surface area contributed by atoms with Crippen LogP contribution in [-0.4, -0.2) is 10.9 Å². The van der Waals surface area contributed by atoms with Crippen LogP contribution in [0, 0.1) is 5.92 Å². The van der Waals surface area contributed by atoms with Crippen molar-refractivity contribution in [1.29, 1.82) is 0 Å². The summed E-state index contributed by atoms with van der Waals surface area (Å²) in [5, 5.41) is 0. The first-order valence-electron chi connectivity index (χ1n) is 3.88. The average Bonchev–Trinajstić information content (AvgIpc) is 2.06. The topological polar surface area (TPSA) is 56.0 Å². The van der Waals surface area contributed by atoms with E-state index >= 15 is 0 Å². The summed E-state index contributed by atoms with van der Waals surface area (Å²) in [5.74, 6) is -0.381. The molecule has 2 N–H and O–H groups in total. The maximum atomic E-state index is 10.7. The lowest BCUT2D eigenvalue weighted by Gasteiger charge is -2.05. The zero-order valence-corrected chi connectivity index (χ0v) is 7.03. The summed E-state index contributed by atoms with van der Waals surface area (Å²) < 4.78 is 0. The summed E-state index contributed by atoms with van der Waals surface area (Å²) in [6, 6.07) is 3.79. The molecule has 0 spiro atoms. The minimum atomic E-state index is -0.265. The van der Waals surface area contributed by atoms with Crippen molar-refractivity contribution in [2.24, 2.45) is 11.7 Å². The van der Waals surface area contributed by atoms with Crippen LogP contribution in [0.1, 0.15) is 12.5 Å². The van der Waals surface area contributed by atoms with Crippen molar-refractivity contribution in [3.63, 3.8) is 0 Å². The Morgan fingerprint density at radius 2 is 2.50 bits per heavy atom. The quantitative estimate of drug-likeness (QED) is 0.716. The Kier molecular flexibility index (Phi) is 2.80. The van der Waals surface area contributed by atoms with E-state index in [4.69, 9.17) is 5.73 Å². The zero-order valence-electron chi connectivity index (χ0n) is 7.03. The van der Waals surface area contributed by atoms with Crippen LogP contribution in [0.4, 0.5) is 0 Å². The van der Waals surface area contributed by atoms with Gasteiger partial charge in [-0.3, -0.25) is 9.78 Å². The number of aromatic nitrogens is 1. The van der Waals surface area contributed by atoms with Crippen LogP contribution >= 0.6 is 0 Å². The van der Waals surface area contributed by atoms with Crippen molar-refractivity contribution in [2.45, 2.75) is 13.3 Å². The molecular formula is C9H12N2O. The highest BCUT2D eigenvalue weighted by Gasteiger charge is 2.08. The number of primary amides is 1. The molecule has 0 aromatic carbocycles. The molecule has 0 aliphatic heterocycles. The number of pyridine rings is 1. The van der Waals surface area contributed by atoms with Crippen molar-refractivity contribution in [3.05, 3.63) is 30.1 Å². The Labute approximate surface area is 71.6 Å². The third-order valence-electron chi connectivity index (χ3n) is 1.75. The fourth-order valence-corrected chi connectivity index (χ4v) is 0.973. The van der Waals surface area contributed by atoms with E-state index in [9.17, 15) is 4.79 Å². The van der Waals surface area contributed by atoms with Crippen LogP contribution in [0.5, 0.6) is 0 Å². The van der Waals surface area contributed by atoms with Gasteiger partial charge in [-0.25, -0.2) is 0 Å². The van der Waals surface area contributed by atoms with Gasteiger partial charge in [0, 0.05) is 18.3 Å². The van der Waals surface area contributed by atoms with Crippen LogP contribution in [0.25, 0.3) is 0 Å². The standard InChI is InChI=1S/C9H12N2O/c1-7(9(10)12)5-8-3-2-4-11-6-8/h2-4,6-7H,5H2,1H3,(H2,10,12)/t7-/m0/s1. The van der Waals surface area contributed by atoms with E-state index in [-0.39, 0.29) is 11.8 Å². The second kappa shape index (κ2) is 3.85. The van der Waals surface area contributed by atoms with Gasteiger partial charge in [0.25, 0.3) is 0 Å². The van der Waals surface area contributed by atoms with Crippen molar-refractivity contribution < 1.29 is 4.79 Å². The number of carbonyl (C=O) groups is 1. The van der Waals surface area contributed by atoms with Gasteiger partial charge in [0.1, 0.15) is 0 Å². The normalized spacial score (nSPS) is 12.4. The van der Waals surface area contributed by atoms with Gasteiger partial charge in [0.15, 0.2) is 0 Å². The molecule has 3 heteroatoms. The number of hydrogen-bond donors (Lipinski definition) is 1. The first-order valence-corrected chi connectivity index (χ1v) is 3.88. The third kappa shape index (κ3) is 2.34. The van der Waals surface area contributed by atoms with Crippen LogP contribution in [0.15, 0.2) is 24.5 Å². The minimum Gasteiger partial charge on any atom is -0.369 e. The van der Waals surface area contributed by atoms with Gasteiger partial charge in [-0.05, 0) is 18.1 Å². The molecule has 64 valence electrons. The van der Waals surface area contributed by atoms with E-state index in [1.54, 1.807) is 12.4 Å². The maximum Gasteiger partial charge on any atom is 0.220 e. The Hall–Kier alpha value is -1.38. The summed E-state index contributed by atoms with van der Waals surface area (Å²) in [7, 11) is 0. The first-order chi connectivity index (χ1) is 5.70. The van der Waals surface area contributed by atoms with E-state index in [1.807, 2.05) is 19.1 Å². The molecule has 1 amide bonds. The number of nitrogens with two attached hydrogens (primary N) is 1. The van der Waals surface area contributed by atoms with E-state index in [1.165, 1.54) is 0 Å². The Morgan fingerprint density at radius 1 is 1.75 bits per heavy atom. The molecule has 1 atom stereocenters. The summed E-state index contributed by atoms with van der Waals surface area (Å²) in [5.41, 5.74) is 6.17. The second-order valence-corrected chi connectivity index (χ2v) is 2.87. The predicted molar refractivity (Wildman–Crippen MR) is 46.3 cm³/mol. The maximum absolute atomic E-state index is 10.7. The molecule has 0 aliphatic rings. The van der Waals surface area contributed by atoms with Crippen LogP contribution in [-0.2, 0) is 11.2 Å². The third-order valence-corrected chi connectivity index (χ3v) is 1.75. The fraction of sp³-hybridized carbons (Fsp3) is 0.333. The van der Waals surface area contributed by atoms with E-state index in [0.717, 1.165) is 5.56 Å². The molecular weight excluding hydrogens is 152 g/mol. The number of amides is 1. The minimum absolute atomic E-state index is 0.116. The SMILES string of the molecule is C[C@@H](Cc1cccnc1)C(N)=O. The Morgan fingerprint density at radius 3 is 3.00 bits per heavy atom. The van der Waals surface area contributed by atoms with E-state index in [0.29, 0.717) is 6.42 Å². The van der Waals surface area contributed by atoms with Crippen molar-refractivity contribution >= 4 is 5.91 Å². The first kappa shape index (κ1) is 8.71. The van der Waals surface area contributed by atoms with Gasteiger partial charge >= 0.3 is 0 Å². The molecule has 1 aromatic rings. The Balaban J connectivity index is 2.58. The molecule has 0 unspecified atom stereocenters. The smallest absolute Gasteiger partial charge is 0.220 e. The summed E-state index contributed by atoms with van der Waals surface area (Å²) >= 11 is 0. The van der Waals surface area contributed by atoms with Crippen LogP contribution in [0.3, 0.4) is 0 Å². The number of carbonyl (C=O) groups excluding carboxylic acids is 1. The highest BCUT2D eigenvalue weighted by molar-refractivity contribution is 5.76. The monoisotopic (exact) mass is 164 g/mol. The molecule has 1 aromatic heterocycles. The van der Waals surface area contributed by atoms with Crippen LogP contribution < -0.4 is 5.73 Å². The lowest BCUT2D eigenvalue weighted by Crippen LogP contribution is -2.22. The lowest BCUT2D eigenvalue weighted by atomic mass is 10.0. The summed E-state index contributed by atoms with van der Waals surface area (Å²) in [6.45, 7) is 1.81. The van der Waals surface area contributed by atoms with Gasteiger partial charge in [-0.15, -0.1) is 0 Å². The van der Waals surface area contributed by atoms with Crippen LogP contribution in [0.2, 0.25) is 0 Å².